The number of amides is 4. The summed E-state index contributed by atoms with van der Waals surface area (Å²) < 4.78 is 4.83. The third-order valence-electron chi connectivity index (χ3n) is 6.66. The van der Waals surface area contributed by atoms with Crippen LogP contribution in [0.5, 0.6) is 0 Å². The number of benzene rings is 1. The predicted molar refractivity (Wildman–Crippen MR) is 151 cm³/mol. The van der Waals surface area contributed by atoms with Crippen molar-refractivity contribution >= 4 is 35.0 Å². The summed E-state index contributed by atoms with van der Waals surface area (Å²) >= 11 is 1.57. The van der Waals surface area contributed by atoms with Gasteiger partial charge in [0, 0.05) is 26.6 Å². The van der Waals surface area contributed by atoms with E-state index in [1.54, 1.807) is 16.8 Å². The van der Waals surface area contributed by atoms with Crippen molar-refractivity contribution in [2.75, 3.05) is 20.3 Å². The van der Waals surface area contributed by atoms with E-state index in [1.807, 2.05) is 45.0 Å². The molecule has 1 aliphatic rings. The molecule has 11 nitrogen and oxygen atoms in total. The third kappa shape index (κ3) is 8.33. The normalized spacial score (nSPS) is 18.3. The second-order valence-corrected chi connectivity index (χ2v) is 11.3. The number of hydrogen-bond donors (Lipinski definition) is 4. The molecule has 2 aromatic rings. The lowest BCUT2D eigenvalue weighted by Crippen LogP contribution is -2.56. The summed E-state index contributed by atoms with van der Waals surface area (Å²) in [6.07, 6.45) is -0.378. The number of aromatic nitrogens is 1. The Morgan fingerprint density at radius 1 is 1.15 bits per heavy atom. The summed E-state index contributed by atoms with van der Waals surface area (Å²) in [7, 11) is 1.38. The van der Waals surface area contributed by atoms with Crippen molar-refractivity contribution in [3.05, 3.63) is 41.0 Å². The average molecular weight is 574 g/mol. The van der Waals surface area contributed by atoms with Crippen LogP contribution in [0.1, 0.15) is 44.9 Å². The van der Waals surface area contributed by atoms with Crippen molar-refractivity contribution in [1.82, 2.24) is 25.8 Å². The number of aliphatic hydroxyl groups is 1. The number of methoxy groups -OCH3 is 1. The van der Waals surface area contributed by atoms with Crippen LogP contribution in [0, 0.1) is 12.8 Å². The predicted octanol–water partition coefficient (Wildman–Crippen LogP) is 1.38. The molecule has 40 heavy (non-hydrogen) atoms. The van der Waals surface area contributed by atoms with E-state index in [1.165, 1.54) is 18.9 Å². The minimum absolute atomic E-state index is 0.0139. The van der Waals surface area contributed by atoms with Gasteiger partial charge in [0.15, 0.2) is 0 Å². The van der Waals surface area contributed by atoms with Gasteiger partial charge in [0.2, 0.25) is 23.6 Å². The highest BCUT2D eigenvalue weighted by atomic mass is 32.1. The first-order chi connectivity index (χ1) is 19.0. The maximum atomic E-state index is 13.3. The van der Waals surface area contributed by atoms with Crippen molar-refractivity contribution in [2.24, 2.45) is 5.92 Å². The number of nitrogens with one attached hydrogen (secondary N) is 3. The first kappa shape index (κ1) is 31.2. The summed E-state index contributed by atoms with van der Waals surface area (Å²) in [4.78, 5) is 58.0. The molecule has 0 aliphatic carbocycles. The van der Waals surface area contributed by atoms with Crippen molar-refractivity contribution in [1.29, 1.82) is 0 Å². The molecule has 1 aliphatic heterocycles. The number of hydrogen-bond acceptors (Lipinski definition) is 8. The summed E-state index contributed by atoms with van der Waals surface area (Å²) in [5, 5.41) is 18.4. The van der Waals surface area contributed by atoms with Crippen LogP contribution in [0.25, 0.3) is 10.4 Å². The smallest absolute Gasteiger partial charge is 0.246 e. The lowest BCUT2D eigenvalue weighted by molar-refractivity contribution is -0.141. The Kier molecular flexibility index (Phi) is 11.2. The summed E-state index contributed by atoms with van der Waals surface area (Å²) in [6, 6.07) is 5.14. The van der Waals surface area contributed by atoms with Crippen molar-refractivity contribution in [2.45, 2.75) is 71.3 Å². The Labute approximate surface area is 238 Å². The van der Waals surface area contributed by atoms with Gasteiger partial charge in [-0.3, -0.25) is 19.2 Å². The highest BCUT2D eigenvalue weighted by Gasteiger charge is 2.40. The SMILES string of the molecule is COCC(=O)NC(CC(C)C)C(=O)NC(C)C(=O)N1CC(O)CC1C(=O)NCc1ccc(-c2scnc2C)cc1. The van der Waals surface area contributed by atoms with Gasteiger partial charge in [0.05, 0.1) is 22.2 Å². The molecule has 4 atom stereocenters. The maximum Gasteiger partial charge on any atom is 0.246 e. The number of rotatable bonds is 12. The average Bonchev–Trinajstić information content (AvgIpc) is 3.51. The molecule has 0 radical (unpaired) electrons. The lowest BCUT2D eigenvalue weighted by atomic mass is 10.0. The van der Waals surface area contributed by atoms with E-state index in [0.717, 1.165) is 21.7 Å². The second-order valence-electron chi connectivity index (χ2n) is 10.5. The van der Waals surface area contributed by atoms with Gasteiger partial charge < -0.3 is 30.7 Å². The topological polar surface area (TPSA) is 150 Å². The van der Waals surface area contributed by atoms with Crippen molar-refractivity contribution in [3.63, 3.8) is 0 Å². The van der Waals surface area contributed by atoms with Crippen LogP contribution in [0.3, 0.4) is 0 Å². The van der Waals surface area contributed by atoms with E-state index in [0.29, 0.717) is 6.42 Å². The van der Waals surface area contributed by atoms with Crippen LogP contribution in [0.4, 0.5) is 0 Å². The van der Waals surface area contributed by atoms with Gasteiger partial charge in [-0.1, -0.05) is 38.1 Å². The fraction of sp³-hybridized carbons (Fsp3) is 0.536. The maximum absolute atomic E-state index is 13.3. The Hall–Kier alpha value is -3.35. The van der Waals surface area contributed by atoms with Crippen molar-refractivity contribution < 1.29 is 29.0 Å². The molecule has 4 N–H and O–H groups in total. The van der Waals surface area contributed by atoms with Crippen molar-refractivity contribution in [3.8, 4) is 10.4 Å². The molecular formula is C28H39N5O6S. The van der Waals surface area contributed by atoms with E-state index in [4.69, 9.17) is 4.74 Å². The van der Waals surface area contributed by atoms with E-state index in [2.05, 4.69) is 20.9 Å². The summed E-state index contributed by atoms with van der Waals surface area (Å²) in [5.41, 5.74) is 4.71. The van der Waals surface area contributed by atoms with Crippen LogP contribution in [0.2, 0.25) is 0 Å². The molecule has 0 spiro atoms. The zero-order valence-electron chi connectivity index (χ0n) is 23.6. The zero-order chi connectivity index (χ0) is 29.4. The number of likely N-dealkylation sites (tertiary alicyclic amines) is 1. The van der Waals surface area contributed by atoms with Gasteiger partial charge in [0.1, 0.15) is 24.7 Å². The molecule has 218 valence electrons. The third-order valence-corrected chi connectivity index (χ3v) is 7.63. The Bertz CT molecular complexity index is 1180. The highest BCUT2D eigenvalue weighted by molar-refractivity contribution is 7.13. The molecule has 1 fully saturated rings. The molecule has 1 saturated heterocycles. The Morgan fingerprint density at radius 3 is 2.45 bits per heavy atom. The van der Waals surface area contributed by atoms with Gasteiger partial charge in [-0.15, -0.1) is 11.3 Å². The minimum Gasteiger partial charge on any atom is -0.391 e. The molecule has 0 saturated carbocycles. The van der Waals surface area contributed by atoms with Gasteiger partial charge in [-0.2, -0.15) is 0 Å². The number of carbonyl (C=O) groups excluding carboxylic acids is 4. The number of β-amino-alcohol motifs (C(OH)–C–C–N with tert-alkyl or cyclic N) is 1. The number of aliphatic hydroxyl groups excluding tert-OH is 1. The van der Waals surface area contributed by atoms with Crippen LogP contribution < -0.4 is 16.0 Å². The van der Waals surface area contributed by atoms with Crippen LogP contribution in [-0.2, 0) is 30.5 Å². The molecule has 4 amide bonds. The zero-order valence-corrected chi connectivity index (χ0v) is 24.4. The molecule has 12 heteroatoms. The fourth-order valence-electron chi connectivity index (χ4n) is 4.66. The number of thiazole rings is 1. The Balaban J connectivity index is 1.59. The first-order valence-electron chi connectivity index (χ1n) is 13.3. The van der Waals surface area contributed by atoms with E-state index in [-0.39, 0.29) is 37.9 Å². The largest absolute Gasteiger partial charge is 0.391 e. The van der Waals surface area contributed by atoms with Crippen LogP contribution in [0.15, 0.2) is 29.8 Å². The number of nitrogens with zero attached hydrogens (tertiary/aromatic N) is 2. The molecule has 0 bridgehead atoms. The molecule has 4 unspecified atom stereocenters. The molecule has 2 heterocycles. The quantitative estimate of drug-likeness (QED) is 0.300. The summed E-state index contributed by atoms with van der Waals surface area (Å²) in [5.74, 6) is -1.69. The second kappa shape index (κ2) is 14.3. The van der Waals surface area contributed by atoms with Crippen LogP contribution in [-0.4, -0.2) is 83.1 Å². The highest BCUT2D eigenvalue weighted by Crippen LogP contribution is 2.27. The molecule has 1 aromatic heterocycles. The van der Waals surface area contributed by atoms with Crippen LogP contribution >= 0.6 is 11.3 Å². The lowest BCUT2D eigenvalue weighted by Gasteiger charge is -2.28. The van der Waals surface area contributed by atoms with Gasteiger partial charge in [-0.05, 0) is 37.3 Å². The van der Waals surface area contributed by atoms with E-state index < -0.39 is 42.0 Å². The molecule has 1 aromatic carbocycles. The number of ether oxygens (including phenoxy) is 1. The van der Waals surface area contributed by atoms with Gasteiger partial charge >= 0.3 is 0 Å². The standard InChI is InChI=1S/C28H39N5O6S/c1-16(2)10-22(32-24(35)14-39-5)26(36)31-18(4)28(38)33-13-21(34)11-23(33)27(37)29-12-19-6-8-20(9-7-19)25-17(3)30-15-40-25/h6-9,15-16,18,21-23,34H,10-14H2,1-5H3,(H,29,37)(H,31,36)(H,32,35). The monoisotopic (exact) mass is 573 g/mol. The van der Waals surface area contributed by atoms with Gasteiger partial charge in [0.25, 0.3) is 0 Å². The summed E-state index contributed by atoms with van der Waals surface area (Å²) in [6.45, 7) is 7.38. The minimum atomic E-state index is -0.968. The van der Waals surface area contributed by atoms with Gasteiger partial charge in [-0.25, -0.2) is 4.98 Å². The molecular weight excluding hydrogens is 534 g/mol. The number of carbonyl (C=O) groups is 4. The fourth-order valence-corrected chi connectivity index (χ4v) is 5.47. The Morgan fingerprint density at radius 2 is 1.85 bits per heavy atom. The van der Waals surface area contributed by atoms with E-state index >= 15 is 0 Å². The molecule has 3 rings (SSSR count). The van der Waals surface area contributed by atoms with E-state index in [9.17, 15) is 24.3 Å². The number of aryl methyl sites for hydroxylation is 1. The first-order valence-corrected chi connectivity index (χ1v) is 14.2.